The van der Waals surface area contributed by atoms with Crippen LogP contribution in [0.1, 0.15) is 33.2 Å². The van der Waals surface area contributed by atoms with E-state index < -0.39 is 17.5 Å². The molecule has 1 unspecified atom stereocenters. The van der Waals surface area contributed by atoms with Crippen molar-refractivity contribution in [3.8, 4) is 5.75 Å². The molecule has 0 spiro atoms. The summed E-state index contributed by atoms with van der Waals surface area (Å²) < 4.78 is 5.23. The molecule has 3 heterocycles. The number of aliphatic imine (C=N–C) groups is 1. The minimum absolute atomic E-state index is 0.00230. The largest absolute Gasteiger partial charge is 0.497 e. The van der Waals surface area contributed by atoms with Gasteiger partial charge in [-0.1, -0.05) is 30.3 Å². The highest BCUT2D eigenvalue weighted by molar-refractivity contribution is 6.08. The van der Waals surface area contributed by atoms with Crippen molar-refractivity contribution in [1.82, 2.24) is 20.9 Å². The Labute approximate surface area is 184 Å². The van der Waals surface area contributed by atoms with Gasteiger partial charge in [-0.05, 0) is 41.1 Å². The highest BCUT2D eigenvalue weighted by Crippen LogP contribution is 2.33. The van der Waals surface area contributed by atoms with Crippen LogP contribution < -0.4 is 20.7 Å². The lowest BCUT2D eigenvalue weighted by Crippen LogP contribution is -2.52. The summed E-state index contributed by atoms with van der Waals surface area (Å²) in [5.41, 5.74) is 1.49. The van der Waals surface area contributed by atoms with Gasteiger partial charge in [0.15, 0.2) is 5.54 Å². The molecule has 1 saturated heterocycles. The van der Waals surface area contributed by atoms with Crippen molar-refractivity contribution in [2.75, 3.05) is 13.7 Å². The van der Waals surface area contributed by atoms with Gasteiger partial charge in [-0.2, -0.15) is 0 Å². The predicted molar refractivity (Wildman–Crippen MR) is 116 cm³/mol. The first-order chi connectivity index (χ1) is 15.5. The fourth-order valence-electron chi connectivity index (χ4n) is 4.28. The van der Waals surface area contributed by atoms with Crippen LogP contribution in [0.3, 0.4) is 0 Å². The fraction of sp³-hybridized carbons (Fsp3) is 0.217. The molecule has 32 heavy (non-hydrogen) atoms. The third-order valence-corrected chi connectivity index (χ3v) is 5.96. The van der Waals surface area contributed by atoms with Crippen molar-refractivity contribution in [1.29, 1.82) is 0 Å². The molecule has 3 aliphatic rings. The molecule has 9 heteroatoms. The van der Waals surface area contributed by atoms with Gasteiger partial charge in [-0.25, -0.2) is 4.79 Å². The summed E-state index contributed by atoms with van der Waals surface area (Å²) in [6.45, 7) is 0.344. The Morgan fingerprint density at radius 1 is 1.16 bits per heavy atom. The van der Waals surface area contributed by atoms with E-state index in [-0.39, 0.29) is 18.6 Å². The second-order valence-electron chi connectivity index (χ2n) is 7.85. The van der Waals surface area contributed by atoms with Gasteiger partial charge >= 0.3 is 6.03 Å². The number of carbonyl (C=O) groups is 3. The van der Waals surface area contributed by atoms with Crippen molar-refractivity contribution < 1.29 is 19.1 Å². The van der Waals surface area contributed by atoms with Crippen molar-refractivity contribution in [2.45, 2.75) is 18.2 Å². The number of ether oxygens (including phenoxy) is 1. The van der Waals surface area contributed by atoms with Gasteiger partial charge in [0.2, 0.25) is 0 Å². The molecule has 9 nitrogen and oxygen atoms in total. The Balaban J connectivity index is 1.45. The molecule has 3 aliphatic heterocycles. The molecular formula is C23H21N5O4. The number of allylic oxidation sites excluding steroid dienone is 1. The summed E-state index contributed by atoms with van der Waals surface area (Å²) in [5.74, 6) is -0.116. The normalized spacial score (nSPS) is 23.6. The summed E-state index contributed by atoms with van der Waals surface area (Å²) in [6.07, 6.45) is 5.11. The molecule has 2 aromatic rings. The van der Waals surface area contributed by atoms with Crippen LogP contribution in [0.25, 0.3) is 0 Å². The summed E-state index contributed by atoms with van der Waals surface area (Å²) in [6, 6.07) is 12.0. The van der Waals surface area contributed by atoms with Crippen LogP contribution in [0, 0.1) is 0 Å². The highest BCUT2D eigenvalue weighted by atomic mass is 16.5. The second-order valence-corrected chi connectivity index (χ2v) is 7.85. The molecule has 5 rings (SSSR count). The molecular weight excluding hydrogens is 410 g/mol. The summed E-state index contributed by atoms with van der Waals surface area (Å²) >= 11 is 0. The third-order valence-electron chi connectivity index (χ3n) is 5.96. The number of hydrogen-bond acceptors (Lipinski definition) is 6. The molecule has 2 atom stereocenters. The third kappa shape index (κ3) is 3.18. The average molecular weight is 431 g/mol. The fourth-order valence-corrected chi connectivity index (χ4v) is 4.28. The molecule has 1 fully saturated rings. The lowest BCUT2D eigenvalue weighted by atomic mass is 9.88. The van der Waals surface area contributed by atoms with E-state index in [1.54, 1.807) is 48.6 Å². The first-order valence-electron chi connectivity index (χ1n) is 10.1. The minimum atomic E-state index is -1.39. The Bertz CT molecular complexity index is 1170. The number of imide groups is 1. The molecule has 0 aliphatic carbocycles. The van der Waals surface area contributed by atoms with E-state index in [1.807, 2.05) is 24.4 Å². The molecule has 2 aromatic carbocycles. The standard InChI is InChI=1S/C23H21N5O4/c1-32-17-8-5-15-12-28(20(29)18(15)11-17)13-23(21(30)26-22(31)27-23)16-6-3-14(4-7-16)19-24-9-2-10-25-19/h2-11,19,24H,12-13H2,1H3,(H2,26,27,30,31)/t19?,23-/m0/s1. The Hall–Kier alpha value is -4.14. The maximum Gasteiger partial charge on any atom is 0.322 e. The van der Waals surface area contributed by atoms with E-state index in [1.165, 1.54) is 0 Å². The first kappa shape index (κ1) is 19.8. The zero-order valence-electron chi connectivity index (χ0n) is 17.3. The van der Waals surface area contributed by atoms with Gasteiger partial charge in [0, 0.05) is 18.3 Å². The molecule has 0 aromatic heterocycles. The van der Waals surface area contributed by atoms with Crippen LogP contribution in [0.4, 0.5) is 4.79 Å². The smallest absolute Gasteiger partial charge is 0.322 e. The van der Waals surface area contributed by atoms with E-state index in [0.29, 0.717) is 23.4 Å². The van der Waals surface area contributed by atoms with Gasteiger partial charge in [-0.15, -0.1) is 0 Å². The van der Waals surface area contributed by atoms with Crippen molar-refractivity contribution in [3.05, 3.63) is 77.0 Å². The van der Waals surface area contributed by atoms with Crippen LogP contribution >= 0.6 is 0 Å². The van der Waals surface area contributed by atoms with E-state index in [0.717, 1.165) is 11.1 Å². The molecule has 3 N–H and O–H groups in total. The monoisotopic (exact) mass is 431 g/mol. The second kappa shape index (κ2) is 7.52. The van der Waals surface area contributed by atoms with E-state index >= 15 is 0 Å². The predicted octanol–water partition coefficient (Wildman–Crippen LogP) is 1.57. The van der Waals surface area contributed by atoms with Gasteiger partial charge in [-0.3, -0.25) is 19.9 Å². The number of nitrogens with zero attached hydrogens (tertiary/aromatic N) is 2. The van der Waals surface area contributed by atoms with Crippen LogP contribution in [0.2, 0.25) is 0 Å². The highest BCUT2D eigenvalue weighted by Gasteiger charge is 2.50. The van der Waals surface area contributed by atoms with E-state index in [4.69, 9.17) is 4.74 Å². The molecule has 0 bridgehead atoms. The molecule has 0 saturated carbocycles. The average Bonchev–Trinajstić information content (AvgIpc) is 3.29. The first-order valence-corrected chi connectivity index (χ1v) is 10.1. The van der Waals surface area contributed by atoms with Gasteiger partial charge in [0.1, 0.15) is 11.9 Å². The number of methoxy groups -OCH3 is 1. The number of fused-ring (bicyclic) bond motifs is 1. The zero-order chi connectivity index (χ0) is 22.3. The number of nitrogens with one attached hydrogen (secondary N) is 3. The van der Waals surface area contributed by atoms with E-state index in [2.05, 4.69) is 20.9 Å². The molecule has 162 valence electrons. The van der Waals surface area contributed by atoms with Crippen LogP contribution in [-0.2, 0) is 16.9 Å². The van der Waals surface area contributed by atoms with Crippen LogP contribution in [0.5, 0.6) is 5.75 Å². The van der Waals surface area contributed by atoms with Crippen LogP contribution in [0.15, 0.2) is 59.7 Å². The topological polar surface area (TPSA) is 112 Å². The number of carbonyl (C=O) groups excluding carboxylic acids is 3. The van der Waals surface area contributed by atoms with Crippen molar-refractivity contribution >= 4 is 24.1 Å². The van der Waals surface area contributed by atoms with Crippen molar-refractivity contribution in [3.63, 3.8) is 0 Å². The Morgan fingerprint density at radius 2 is 1.97 bits per heavy atom. The quantitative estimate of drug-likeness (QED) is 0.623. The van der Waals surface area contributed by atoms with E-state index in [9.17, 15) is 14.4 Å². The number of benzene rings is 2. The number of urea groups is 1. The van der Waals surface area contributed by atoms with Crippen LogP contribution in [-0.4, -0.2) is 42.6 Å². The number of hydrogen-bond donors (Lipinski definition) is 3. The Morgan fingerprint density at radius 3 is 2.62 bits per heavy atom. The maximum atomic E-state index is 13.1. The number of amides is 4. The minimum Gasteiger partial charge on any atom is -0.497 e. The van der Waals surface area contributed by atoms with Gasteiger partial charge in [0.05, 0.1) is 13.7 Å². The lowest BCUT2D eigenvalue weighted by molar-refractivity contribution is -0.124. The Kier molecular flexibility index (Phi) is 4.66. The zero-order valence-corrected chi connectivity index (χ0v) is 17.3. The van der Waals surface area contributed by atoms with Crippen molar-refractivity contribution in [2.24, 2.45) is 4.99 Å². The van der Waals surface area contributed by atoms with Gasteiger partial charge < -0.3 is 20.3 Å². The van der Waals surface area contributed by atoms with Gasteiger partial charge in [0.25, 0.3) is 11.8 Å². The summed E-state index contributed by atoms with van der Waals surface area (Å²) in [7, 11) is 1.54. The SMILES string of the molecule is COc1ccc2c(c1)C(=O)N(C[C@@]1(c3ccc(C4N=CC=CN4)cc3)NC(=O)NC1=O)C2. The molecule has 4 amide bonds. The number of rotatable bonds is 5. The summed E-state index contributed by atoms with van der Waals surface area (Å²) in [5, 5.41) is 8.22. The summed E-state index contributed by atoms with van der Waals surface area (Å²) in [4.78, 5) is 44.1. The molecule has 0 radical (unpaired) electrons. The lowest BCUT2D eigenvalue weighted by Gasteiger charge is -2.31. The maximum absolute atomic E-state index is 13.1.